The molecule has 4 nitrogen and oxygen atoms in total. The van der Waals surface area contributed by atoms with Crippen LogP contribution < -0.4 is 10.6 Å². The number of carbonyl (C=O) groups excluding carboxylic acids is 1. The lowest BCUT2D eigenvalue weighted by atomic mass is 10.0. The van der Waals surface area contributed by atoms with Gasteiger partial charge in [0.2, 0.25) is 0 Å². The molecule has 0 bridgehead atoms. The summed E-state index contributed by atoms with van der Waals surface area (Å²) < 4.78 is 0. The van der Waals surface area contributed by atoms with Crippen LogP contribution in [0.15, 0.2) is 18.5 Å². The van der Waals surface area contributed by atoms with Crippen molar-refractivity contribution in [2.24, 2.45) is 5.92 Å². The van der Waals surface area contributed by atoms with E-state index in [0.717, 1.165) is 37.5 Å². The predicted octanol–water partition coefficient (Wildman–Crippen LogP) is 3.21. The second-order valence-corrected chi connectivity index (χ2v) is 5.54. The van der Waals surface area contributed by atoms with Gasteiger partial charge in [-0.1, -0.05) is 32.6 Å². The van der Waals surface area contributed by atoms with Crippen LogP contribution in [0.4, 0.5) is 5.69 Å². The molecule has 1 aliphatic carbocycles. The number of aromatic nitrogens is 1. The van der Waals surface area contributed by atoms with Gasteiger partial charge < -0.3 is 10.6 Å². The molecule has 20 heavy (non-hydrogen) atoms. The van der Waals surface area contributed by atoms with Gasteiger partial charge >= 0.3 is 0 Å². The monoisotopic (exact) mass is 275 g/mol. The molecule has 0 saturated heterocycles. The van der Waals surface area contributed by atoms with Gasteiger partial charge in [-0.2, -0.15) is 0 Å². The van der Waals surface area contributed by atoms with E-state index in [-0.39, 0.29) is 5.91 Å². The van der Waals surface area contributed by atoms with Crippen molar-refractivity contribution in [2.45, 2.75) is 45.4 Å². The Morgan fingerprint density at radius 1 is 1.35 bits per heavy atom. The summed E-state index contributed by atoms with van der Waals surface area (Å²) in [6.07, 6.45) is 10.8. The lowest BCUT2D eigenvalue weighted by Gasteiger charge is -2.12. The van der Waals surface area contributed by atoms with Gasteiger partial charge in [-0.25, -0.2) is 0 Å². The first-order valence-electron chi connectivity index (χ1n) is 7.77. The zero-order chi connectivity index (χ0) is 14.2. The van der Waals surface area contributed by atoms with Crippen LogP contribution in [-0.2, 0) is 0 Å². The summed E-state index contributed by atoms with van der Waals surface area (Å²) in [5.74, 6) is 0.789. The Bertz CT molecular complexity index is 427. The Morgan fingerprint density at radius 3 is 2.90 bits per heavy atom. The lowest BCUT2D eigenvalue weighted by Crippen LogP contribution is -2.26. The highest BCUT2D eigenvalue weighted by Crippen LogP contribution is 2.26. The van der Waals surface area contributed by atoms with E-state index in [4.69, 9.17) is 0 Å². The zero-order valence-electron chi connectivity index (χ0n) is 12.3. The molecule has 1 amide bonds. The molecule has 1 heterocycles. The fourth-order valence-electron chi connectivity index (χ4n) is 2.77. The SMILES string of the molecule is CCCNc1ccncc1C(=O)NCCC1CCCC1. The van der Waals surface area contributed by atoms with Gasteiger partial charge in [0.15, 0.2) is 0 Å². The predicted molar refractivity (Wildman–Crippen MR) is 81.9 cm³/mol. The van der Waals surface area contributed by atoms with E-state index in [2.05, 4.69) is 22.5 Å². The third-order valence-electron chi connectivity index (χ3n) is 3.94. The van der Waals surface area contributed by atoms with Crippen molar-refractivity contribution < 1.29 is 4.79 Å². The number of pyridine rings is 1. The van der Waals surface area contributed by atoms with E-state index in [1.807, 2.05) is 6.07 Å². The molecule has 0 spiro atoms. The zero-order valence-corrected chi connectivity index (χ0v) is 12.3. The number of hydrogen-bond acceptors (Lipinski definition) is 3. The molecule has 1 aliphatic rings. The van der Waals surface area contributed by atoms with Gasteiger partial charge in [0, 0.05) is 25.5 Å². The highest BCUT2D eigenvalue weighted by molar-refractivity contribution is 5.99. The molecule has 1 aromatic heterocycles. The van der Waals surface area contributed by atoms with Crippen LogP contribution in [-0.4, -0.2) is 24.0 Å². The summed E-state index contributed by atoms with van der Waals surface area (Å²) in [4.78, 5) is 16.3. The molecule has 1 aromatic rings. The van der Waals surface area contributed by atoms with Crippen LogP contribution >= 0.6 is 0 Å². The second kappa shape index (κ2) is 7.88. The topological polar surface area (TPSA) is 54.0 Å². The first kappa shape index (κ1) is 14.8. The number of amides is 1. The van der Waals surface area contributed by atoms with Crippen molar-refractivity contribution in [3.05, 3.63) is 24.0 Å². The standard InChI is InChI=1S/C16H25N3O/c1-2-9-18-15-8-10-17-12-14(15)16(20)19-11-7-13-5-3-4-6-13/h8,10,12-13H,2-7,9,11H2,1H3,(H,17,18)(H,19,20). The number of carbonyl (C=O) groups is 1. The van der Waals surface area contributed by atoms with Crippen molar-refractivity contribution in [1.29, 1.82) is 0 Å². The normalized spacial score (nSPS) is 15.2. The summed E-state index contributed by atoms with van der Waals surface area (Å²) in [5.41, 5.74) is 1.52. The molecular weight excluding hydrogens is 250 g/mol. The van der Waals surface area contributed by atoms with Crippen molar-refractivity contribution in [1.82, 2.24) is 10.3 Å². The quantitative estimate of drug-likeness (QED) is 0.803. The van der Waals surface area contributed by atoms with E-state index in [0.29, 0.717) is 5.56 Å². The number of rotatable bonds is 7. The Morgan fingerprint density at radius 2 is 2.15 bits per heavy atom. The molecule has 4 heteroatoms. The molecule has 0 unspecified atom stereocenters. The van der Waals surface area contributed by atoms with Crippen molar-refractivity contribution in [3.8, 4) is 0 Å². The van der Waals surface area contributed by atoms with Crippen molar-refractivity contribution in [2.75, 3.05) is 18.4 Å². The van der Waals surface area contributed by atoms with Gasteiger partial charge in [-0.05, 0) is 24.8 Å². The van der Waals surface area contributed by atoms with Crippen LogP contribution in [0.3, 0.4) is 0 Å². The molecule has 2 N–H and O–H groups in total. The number of anilines is 1. The molecular formula is C16H25N3O. The molecule has 2 rings (SSSR count). The molecule has 0 aromatic carbocycles. The fourth-order valence-corrected chi connectivity index (χ4v) is 2.77. The van der Waals surface area contributed by atoms with Crippen LogP contribution in [0.5, 0.6) is 0 Å². The maximum absolute atomic E-state index is 12.2. The average molecular weight is 275 g/mol. The van der Waals surface area contributed by atoms with E-state index in [1.54, 1.807) is 12.4 Å². The number of nitrogens with zero attached hydrogens (tertiary/aromatic N) is 1. The second-order valence-electron chi connectivity index (χ2n) is 5.54. The van der Waals surface area contributed by atoms with Gasteiger partial charge in [0.25, 0.3) is 5.91 Å². The highest BCUT2D eigenvalue weighted by Gasteiger charge is 2.16. The van der Waals surface area contributed by atoms with E-state index in [9.17, 15) is 4.79 Å². The van der Waals surface area contributed by atoms with Crippen LogP contribution in [0.1, 0.15) is 55.8 Å². The van der Waals surface area contributed by atoms with E-state index < -0.39 is 0 Å². The third kappa shape index (κ3) is 4.22. The Labute approximate surface area is 121 Å². The van der Waals surface area contributed by atoms with Crippen LogP contribution in [0.25, 0.3) is 0 Å². The van der Waals surface area contributed by atoms with Gasteiger partial charge in [-0.3, -0.25) is 9.78 Å². The smallest absolute Gasteiger partial charge is 0.254 e. The highest BCUT2D eigenvalue weighted by atomic mass is 16.1. The maximum Gasteiger partial charge on any atom is 0.254 e. The van der Waals surface area contributed by atoms with E-state index in [1.165, 1.54) is 25.7 Å². The lowest BCUT2D eigenvalue weighted by molar-refractivity contribution is 0.0952. The summed E-state index contributed by atoms with van der Waals surface area (Å²) in [5, 5.41) is 6.30. The molecule has 0 radical (unpaired) electrons. The first-order chi connectivity index (χ1) is 9.81. The Hall–Kier alpha value is -1.58. The molecule has 1 saturated carbocycles. The van der Waals surface area contributed by atoms with Gasteiger partial charge in [0.05, 0.1) is 11.3 Å². The molecule has 110 valence electrons. The van der Waals surface area contributed by atoms with Gasteiger partial charge in [-0.15, -0.1) is 0 Å². The largest absolute Gasteiger partial charge is 0.384 e. The first-order valence-corrected chi connectivity index (χ1v) is 7.77. The van der Waals surface area contributed by atoms with Gasteiger partial charge in [0.1, 0.15) is 0 Å². The molecule has 0 atom stereocenters. The van der Waals surface area contributed by atoms with Crippen LogP contribution in [0, 0.1) is 5.92 Å². The minimum atomic E-state index is -0.0188. The maximum atomic E-state index is 12.2. The minimum Gasteiger partial charge on any atom is -0.384 e. The molecule has 1 fully saturated rings. The number of hydrogen-bond donors (Lipinski definition) is 2. The average Bonchev–Trinajstić information content (AvgIpc) is 2.98. The summed E-state index contributed by atoms with van der Waals surface area (Å²) in [6.45, 7) is 3.74. The van der Waals surface area contributed by atoms with Crippen molar-refractivity contribution in [3.63, 3.8) is 0 Å². The minimum absolute atomic E-state index is 0.0188. The fraction of sp³-hybridized carbons (Fsp3) is 0.625. The third-order valence-corrected chi connectivity index (χ3v) is 3.94. The number of nitrogens with one attached hydrogen (secondary N) is 2. The van der Waals surface area contributed by atoms with Crippen molar-refractivity contribution >= 4 is 11.6 Å². The summed E-state index contributed by atoms with van der Waals surface area (Å²) >= 11 is 0. The van der Waals surface area contributed by atoms with E-state index >= 15 is 0 Å². The Kier molecular flexibility index (Phi) is 5.84. The summed E-state index contributed by atoms with van der Waals surface area (Å²) in [6, 6.07) is 1.86. The molecule has 0 aliphatic heterocycles. The Balaban J connectivity index is 1.84. The van der Waals surface area contributed by atoms with Crippen LogP contribution in [0.2, 0.25) is 0 Å². The summed E-state index contributed by atoms with van der Waals surface area (Å²) in [7, 11) is 0.